The highest BCUT2D eigenvalue weighted by atomic mass is 16.5. The van der Waals surface area contributed by atoms with Gasteiger partial charge in [-0.3, -0.25) is 9.78 Å². The van der Waals surface area contributed by atoms with Gasteiger partial charge in [-0.05, 0) is 6.92 Å². The van der Waals surface area contributed by atoms with Crippen LogP contribution in [0.2, 0.25) is 0 Å². The third-order valence-electron chi connectivity index (χ3n) is 1.81. The van der Waals surface area contributed by atoms with Crippen LogP contribution >= 0.6 is 0 Å². The van der Waals surface area contributed by atoms with Gasteiger partial charge in [0.2, 0.25) is 0 Å². The molecular formula is C10H10N4O4. The van der Waals surface area contributed by atoms with Crippen LogP contribution in [0.3, 0.4) is 0 Å². The Labute approximate surface area is 101 Å². The van der Waals surface area contributed by atoms with Gasteiger partial charge >= 0.3 is 11.7 Å². The summed E-state index contributed by atoms with van der Waals surface area (Å²) in [6.45, 7) is 1.74. The van der Waals surface area contributed by atoms with Gasteiger partial charge in [0.05, 0.1) is 6.61 Å². The van der Waals surface area contributed by atoms with Crippen LogP contribution in [0.5, 0.6) is 0 Å². The molecule has 0 saturated carbocycles. The van der Waals surface area contributed by atoms with Crippen LogP contribution in [0, 0.1) is 11.3 Å². The Morgan fingerprint density at radius 1 is 1.61 bits per heavy atom. The standard InChI is InChI=1S/C10H10N4O4/c1-2-18-9(16)6(3-11)4-12-7-5-13-10(17)14-8(7)15/h4-5,12H,2H2,1H3,(H2,13,14,15,17)/b6-4-. The van der Waals surface area contributed by atoms with Crippen LogP contribution in [0.15, 0.2) is 27.6 Å². The quantitative estimate of drug-likeness (QED) is 0.373. The molecule has 0 spiro atoms. The molecule has 0 amide bonds. The molecule has 8 heteroatoms. The van der Waals surface area contributed by atoms with E-state index in [-0.39, 0.29) is 17.9 Å². The molecule has 0 unspecified atom stereocenters. The van der Waals surface area contributed by atoms with Crippen LogP contribution in [-0.4, -0.2) is 22.5 Å². The maximum Gasteiger partial charge on any atom is 0.350 e. The molecule has 8 nitrogen and oxygen atoms in total. The molecule has 0 aromatic carbocycles. The average Bonchev–Trinajstić information content (AvgIpc) is 2.32. The van der Waals surface area contributed by atoms with E-state index in [9.17, 15) is 14.4 Å². The van der Waals surface area contributed by atoms with E-state index < -0.39 is 17.2 Å². The van der Waals surface area contributed by atoms with Crippen molar-refractivity contribution in [3.63, 3.8) is 0 Å². The minimum absolute atomic E-state index is 0.00773. The summed E-state index contributed by atoms with van der Waals surface area (Å²) in [6, 6.07) is 1.63. The number of anilines is 1. The maximum atomic E-state index is 11.3. The molecule has 1 heterocycles. The van der Waals surface area contributed by atoms with Crippen molar-refractivity contribution in [1.82, 2.24) is 9.97 Å². The second kappa shape index (κ2) is 6.05. The van der Waals surface area contributed by atoms with Crippen LogP contribution in [0.4, 0.5) is 5.69 Å². The molecule has 94 valence electrons. The number of hydrogen-bond donors (Lipinski definition) is 3. The number of H-pyrrole nitrogens is 2. The monoisotopic (exact) mass is 250 g/mol. The van der Waals surface area contributed by atoms with Gasteiger partial charge in [-0.2, -0.15) is 5.26 Å². The van der Waals surface area contributed by atoms with Crippen LogP contribution in [-0.2, 0) is 9.53 Å². The molecule has 18 heavy (non-hydrogen) atoms. The van der Waals surface area contributed by atoms with Crippen molar-refractivity contribution in [2.24, 2.45) is 0 Å². The van der Waals surface area contributed by atoms with Crippen molar-refractivity contribution >= 4 is 11.7 Å². The minimum atomic E-state index is -0.798. The van der Waals surface area contributed by atoms with Gasteiger partial charge in [0.1, 0.15) is 11.8 Å². The van der Waals surface area contributed by atoms with E-state index in [1.165, 1.54) is 0 Å². The zero-order valence-electron chi connectivity index (χ0n) is 9.44. The average molecular weight is 250 g/mol. The minimum Gasteiger partial charge on any atom is -0.462 e. The number of esters is 1. The first-order chi connectivity index (χ1) is 8.58. The van der Waals surface area contributed by atoms with E-state index in [1.54, 1.807) is 13.0 Å². The SMILES string of the molecule is CCOC(=O)/C(C#N)=C\Nc1c[nH]c(=O)[nH]c1=O. The summed E-state index contributed by atoms with van der Waals surface area (Å²) in [5, 5.41) is 11.1. The van der Waals surface area contributed by atoms with E-state index in [2.05, 4.69) is 15.0 Å². The summed E-state index contributed by atoms with van der Waals surface area (Å²) < 4.78 is 4.62. The summed E-state index contributed by atoms with van der Waals surface area (Å²) >= 11 is 0. The van der Waals surface area contributed by atoms with Crippen LogP contribution in [0.25, 0.3) is 0 Å². The maximum absolute atomic E-state index is 11.3. The van der Waals surface area contributed by atoms with E-state index in [0.717, 1.165) is 12.4 Å². The van der Waals surface area contributed by atoms with Crippen LogP contribution in [0.1, 0.15) is 6.92 Å². The first kappa shape index (κ1) is 13.2. The Kier molecular flexibility index (Phi) is 4.45. The van der Waals surface area contributed by atoms with Gasteiger partial charge in [-0.1, -0.05) is 0 Å². The predicted molar refractivity (Wildman–Crippen MR) is 61.6 cm³/mol. The van der Waals surface area contributed by atoms with Crippen molar-refractivity contribution in [3.8, 4) is 6.07 Å². The van der Waals surface area contributed by atoms with Crippen molar-refractivity contribution in [2.45, 2.75) is 6.92 Å². The van der Waals surface area contributed by atoms with Gasteiger partial charge in [0.15, 0.2) is 5.57 Å². The molecular weight excluding hydrogens is 240 g/mol. The first-order valence-corrected chi connectivity index (χ1v) is 4.94. The highest BCUT2D eigenvalue weighted by molar-refractivity contribution is 5.93. The van der Waals surface area contributed by atoms with Crippen LogP contribution < -0.4 is 16.6 Å². The predicted octanol–water partition coefficient (Wildman–Crippen LogP) is -0.554. The molecule has 0 radical (unpaired) electrons. The molecule has 0 bridgehead atoms. The number of hydrogen-bond acceptors (Lipinski definition) is 6. The Morgan fingerprint density at radius 3 is 2.89 bits per heavy atom. The number of aromatic nitrogens is 2. The number of nitrogens with zero attached hydrogens (tertiary/aromatic N) is 1. The number of nitriles is 1. The lowest BCUT2D eigenvalue weighted by molar-refractivity contribution is -0.138. The van der Waals surface area contributed by atoms with Gasteiger partial charge in [-0.25, -0.2) is 9.59 Å². The highest BCUT2D eigenvalue weighted by Gasteiger charge is 2.09. The summed E-state index contributed by atoms with van der Waals surface area (Å²) in [5.74, 6) is -0.798. The number of ether oxygens (including phenoxy) is 1. The van der Waals surface area contributed by atoms with Crippen molar-refractivity contribution in [2.75, 3.05) is 11.9 Å². The van der Waals surface area contributed by atoms with E-state index in [0.29, 0.717) is 0 Å². The molecule has 0 aliphatic rings. The second-order valence-corrected chi connectivity index (χ2v) is 3.02. The Balaban J connectivity index is 2.91. The lowest BCUT2D eigenvalue weighted by Gasteiger charge is -2.01. The topological polar surface area (TPSA) is 128 Å². The van der Waals surface area contributed by atoms with E-state index >= 15 is 0 Å². The smallest absolute Gasteiger partial charge is 0.350 e. The molecule has 1 rings (SSSR count). The molecule has 0 aliphatic heterocycles. The Bertz CT molecular complexity index is 620. The summed E-state index contributed by atoms with van der Waals surface area (Å²) in [4.78, 5) is 37.5. The molecule has 0 aliphatic carbocycles. The van der Waals surface area contributed by atoms with E-state index in [1.807, 2.05) is 4.98 Å². The van der Waals surface area contributed by atoms with Crippen molar-refractivity contribution in [1.29, 1.82) is 5.26 Å². The number of aromatic amines is 2. The third-order valence-corrected chi connectivity index (χ3v) is 1.81. The lowest BCUT2D eigenvalue weighted by Crippen LogP contribution is -2.23. The largest absolute Gasteiger partial charge is 0.462 e. The molecule has 1 aromatic rings. The number of carbonyl (C=O) groups is 1. The fourth-order valence-electron chi connectivity index (χ4n) is 1.01. The van der Waals surface area contributed by atoms with Crippen molar-refractivity contribution < 1.29 is 9.53 Å². The highest BCUT2D eigenvalue weighted by Crippen LogP contribution is 1.99. The van der Waals surface area contributed by atoms with Gasteiger partial charge < -0.3 is 15.0 Å². The molecule has 3 N–H and O–H groups in total. The number of rotatable bonds is 4. The van der Waals surface area contributed by atoms with Crippen molar-refractivity contribution in [3.05, 3.63) is 38.8 Å². The molecule has 0 fully saturated rings. The number of nitrogens with one attached hydrogen (secondary N) is 3. The fraction of sp³-hybridized carbons (Fsp3) is 0.200. The Hall–Kier alpha value is -2.82. The molecule has 1 aromatic heterocycles. The summed E-state index contributed by atoms with van der Waals surface area (Å²) in [7, 11) is 0. The van der Waals surface area contributed by atoms with Gasteiger partial charge in [-0.15, -0.1) is 0 Å². The zero-order chi connectivity index (χ0) is 13.5. The molecule has 0 atom stereocenters. The van der Waals surface area contributed by atoms with Gasteiger partial charge in [0, 0.05) is 12.4 Å². The third kappa shape index (κ3) is 3.34. The van der Waals surface area contributed by atoms with Gasteiger partial charge in [0.25, 0.3) is 5.56 Å². The molecule has 0 saturated heterocycles. The zero-order valence-corrected chi connectivity index (χ0v) is 9.44. The fourth-order valence-corrected chi connectivity index (χ4v) is 1.01. The first-order valence-electron chi connectivity index (χ1n) is 4.94. The lowest BCUT2D eigenvalue weighted by atomic mass is 10.3. The number of carbonyl (C=O) groups excluding carboxylic acids is 1. The second-order valence-electron chi connectivity index (χ2n) is 3.02. The summed E-state index contributed by atoms with van der Waals surface area (Å²) in [5.41, 5.74) is -1.62. The van der Waals surface area contributed by atoms with E-state index in [4.69, 9.17) is 5.26 Å². The normalized spacial score (nSPS) is 10.6. The Morgan fingerprint density at radius 2 is 2.33 bits per heavy atom. The summed E-state index contributed by atoms with van der Waals surface area (Å²) in [6.07, 6.45) is 2.15.